The van der Waals surface area contributed by atoms with E-state index in [2.05, 4.69) is 25.1 Å². The molecule has 6 heteroatoms. The van der Waals surface area contributed by atoms with E-state index in [0.29, 0.717) is 0 Å². The number of rotatable bonds is 3. The van der Waals surface area contributed by atoms with Gasteiger partial charge in [0.25, 0.3) is 0 Å². The average Bonchev–Trinajstić information content (AvgIpc) is 2.50. The molecule has 0 amide bonds. The fraction of sp³-hybridized carbons (Fsp3) is 0.714. The molecule has 0 bridgehead atoms. The van der Waals surface area contributed by atoms with Crippen LogP contribution in [-0.2, 0) is 6.54 Å². The van der Waals surface area contributed by atoms with Crippen LogP contribution in [0.5, 0.6) is 0 Å². The zero-order valence-electron chi connectivity index (χ0n) is 11.8. The SMILES string of the molecule is OC1CCN(c2ncc(CN3CCNCC3)cn2)CC1. The Labute approximate surface area is 119 Å². The van der Waals surface area contributed by atoms with Crippen LogP contribution >= 0.6 is 0 Å². The summed E-state index contributed by atoms with van der Waals surface area (Å²) in [6, 6.07) is 0. The van der Waals surface area contributed by atoms with Gasteiger partial charge in [-0.2, -0.15) is 0 Å². The van der Waals surface area contributed by atoms with Gasteiger partial charge in [-0.15, -0.1) is 0 Å². The highest BCUT2D eigenvalue weighted by molar-refractivity contribution is 5.30. The number of hydrogen-bond acceptors (Lipinski definition) is 6. The Balaban J connectivity index is 1.56. The average molecular weight is 277 g/mol. The van der Waals surface area contributed by atoms with Crippen molar-refractivity contribution < 1.29 is 5.11 Å². The summed E-state index contributed by atoms with van der Waals surface area (Å²) in [5.41, 5.74) is 1.17. The topological polar surface area (TPSA) is 64.5 Å². The lowest BCUT2D eigenvalue weighted by molar-refractivity contribution is 0.145. The van der Waals surface area contributed by atoms with Crippen molar-refractivity contribution in [1.29, 1.82) is 0 Å². The second kappa shape index (κ2) is 6.47. The summed E-state index contributed by atoms with van der Waals surface area (Å²) in [4.78, 5) is 13.5. The van der Waals surface area contributed by atoms with E-state index >= 15 is 0 Å². The lowest BCUT2D eigenvalue weighted by Gasteiger charge is -2.30. The van der Waals surface area contributed by atoms with E-state index in [1.807, 2.05) is 12.4 Å². The van der Waals surface area contributed by atoms with Crippen molar-refractivity contribution in [1.82, 2.24) is 20.2 Å². The monoisotopic (exact) mass is 277 g/mol. The molecule has 6 nitrogen and oxygen atoms in total. The molecule has 2 N–H and O–H groups in total. The van der Waals surface area contributed by atoms with Crippen LogP contribution in [0.2, 0.25) is 0 Å². The second-order valence-electron chi connectivity index (χ2n) is 5.64. The van der Waals surface area contributed by atoms with E-state index in [0.717, 1.165) is 64.6 Å². The van der Waals surface area contributed by atoms with E-state index in [4.69, 9.17) is 0 Å². The molecule has 0 saturated carbocycles. The molecule has 110 valence electrons. The number of nitrogens with one attached hydrogen (secondary N) is 1. The maximum Gasteiger partial charge on any atom is 0.225 e. The van der Waals surface area contributed by atoms with Crippen LogP contribution in [0.15, 0.2) is 12.4 Å². The molecular weight excluding hydrogens is 254 g/mol. The van der Waals surface area contributed by atoms with Crippen LogP contribution < -0.4 is 10.2 Å². The third kappa shape index (κ3) is 3.45. The third-order valence-electron chi connectivity index (χ3n) is 4.05. The van der Waals surface area contributed by atoms with Crippen molar-refractivity contribution in [2.24, 2.45) is 0 Å². The minimum absolute atomic E-state index is 0.154. The van der Waals surface area contributed by atoms with Crippen molar-refractivity contribution in [3.8, 4) is 0 Å². The zero-order chi connectivity index (χ0) is 13.8. The molecule has 0 aromatic carbocycles. The Hall–Kier alpha value is -1.24. The highest BCUT2D eigenvalue weighted by Crippen LogP contribution is 2.16. The fourth-order valence-electron chi connectivity index (χ4n) is 2.79. The molecular formula is C14H23N5O. The number of hydrogen-bond donors (Lipinski definition) is 2. The molecule has 2 aliphatic rings. The molecule has 2 aliphatic heterocycles. The van der Waals surface area contributed by atoms with Gasteiger partial charge in [0, 0.05) is 63.8 Å². The second-order valence-corrected chi connectivity index (χ2v) is 5.64. The van der Waals surface area contributed by atoms with Crippen LogP contribution in [0, 0.1) is 0 Å². The van der Waals surface area contributed by atoms with Crippen LogP contribution in [0.3, 0.4) is 0 Å². The van der Waals surface area contributed by atoms with Gasteiger partial charge in [0.15, 0.2) is 0 Å². The van der Waals surface area contributed by atoms with E-state index < -0.39 is 0 Å². The zero-order valence-corrected chi connectivity index (χ0v) is 11.8. The smallest absolute Gasteiger partial charge is 0.225 e. The number of nitrogens with zero attached hydrogens (tertiary/aromatic N) is 4. The van der Waals surface area contributed by atoms with Gasteiger partial charge < -0.3 is 15.3 Å². The summed E-state index contributed by atoms with van der Waals surface area (Å²) < 4.78 is 0. The largest absolute Gasteiger partial charge is 0.393 e. The molecule has 1 aromatic heterocycles. The molecule has 1 aromatic rings. The fourth-order valence-corrected chi connectivity index (χ4v) is 2.79. The number of anilines is 1. The van der Waals surface area contributed by atoms with Crippen molar-refractivity contribution >= 4 is 5.95 Å². The number of piperidine rings is 1. The molecule has 2 fully saturated rings. The molecule has 0 aliphatic carbocycles. The Kier molecular flexibility index (Phi) is 4.44. The van der Waals surface area contributed by atoms with Gasteiger partial charge in [-0.05, 0) is 12.8 Å². The van der Waals surface area contributed by atoms with Gasteiger partial charge in [-0.1, -0.05) is 0 Å². The predicted molar refractivity (Wildman–Crippen MR) is 77.6 cm³/mol. The molecule has 0 radical (unpaired) electrons. The maximum atomic E-state index is 9.52. The molecule has 0 atom stereocenters. The molecule has 3 rings (SSSR count). The molecule has 3 heterocycles. The van der Waals surface area contributed by atoms with Crippen molar-refractivity contribution in [3.63, 3.8) is 0 Å². The molecule has 0 unspecified atom stereocenters. The summed E-state index contributed by atoms with van der Waals surface area (Å²) in [6.45, 7) is 6.93. The minimum atomic E-state index is -0.154. The first kappa shape index (κ1) is 13.7. The summed E-state index contributed by atoms with van der Waals surface area (Å²) in [6.07, 6.45) is 5.35. The van der Waals surface area contributed by atoms with Gasteiger partial charge >= 0.3 is 0 Å². The van der Waals surface area contributed by atoms with Crippen molar-refractivity contribution in [3.05, 3.63) is 18.0 Å². The first-order valence-corrected chi connectivity index (χ1v) is 7.48. The first-order valence-electron chi connectivity index (χ1n) is 7.48. The van der Waals surface area contributed by atoms with Crippen LogP contribution in [-0.4, -0.2) is 65.3 Å². The van der Waals surface area contributed by atoms with Gasteiger partial charge in [0.05, 0.1) is 6.10 Å². The van der Waals surface area contributed by atoms with E-state index in [1.54, 1.807) is 0 Å². The van der Waals surface area contributed by atoms with Gasteiger partial charge in [0.1, 0.15) is 0 Å². The summed E-state index contributed by atoms with van der Waals surface area (Å²) in [7, 11) is 0. The highest BCUT2D eigenvalue weighted by atomic mass is 16.3. The quantitative estimate of drug-likeness (QED) is 0.801. The van der Waals surface area contributed by atoms with Crippen molar-refractivity contribution in [2.45, 2.75) is 25.5 Å². The van der Waals surface area contributed by atoms with Crippen LogP contribution in [0.4, 0.5) is 5.95 Å². The number of aromatic nitrogens is 2. The van der Waals surface area contributed by atoms with Gasteiger partial charge in [0.2, 0.25) is 5.95 Å². The van der Waals surface area contributed by atoms with E-state index in [-0.39, 0.29) is 6.10 Å². The van der Waals surface area contributed by atoms with E-state index in [9.17, 15) is 5.11 Å². The molecule has 20 heavy (non-hydrogen) atoms. The summed E-state index contributed by atoms with van der Waals surface area (Å²) in [5.74, 6) is 0.793. The predicted octanol–water partition coefficient (Wildman–Crippen LogP) is -0.157. The minimum Gasteiger partial charge on any atom is -0.393 e. The highest BCUT2D eigenvalue weighted by Gasteiger charge is 2.19. The lowest BCUT2D eigenvalue weighted by atomic mass is 10.1. The Morgan fingerprint density at radius 3 is 2.40 bits per heavy atom. The summed E-state index contributed by atoms with van der Waals surface area (Å²) >= 11 is 0. The molecule has 2 saturated heterocycles. The van der Waals surface area contributed by atoms with Gasteiger partial charge in [-0.25, -0.2) is 9.97 Å². The maximum absolute atomic E-state index is 9.52. The Morgan fingerprint density at radius 2 is 1.75 bits per heavy atom. The van der Waals surface area contributed by atoms with Gasteiger partial charge in [-0.3, -0.25) is 4.90 Å². The van der Waals surface area contributed by atoms with Crippen molar-refractivity contribution in [2.75, 3.05) is 44.2 Å². The standard InChI is InChI=1S/C14H23N5O/c20-13-1-5-19(6-2-13)14-16-9-12(10-17-14)11-18-7-3-15-4-8-18/h9-10,13,15,20H,1-8,11H2. The Bertz CT molecular complexity index is 410. The number of aliphatic hydroxyl groups is 1. The normalized spacial score (nSPS) is 22.1. The number of aliphatic hydroxyl groups excluding tert-OH is 1. The summed E-state index contributed by atoms with van der Waals surface area (Å²) in [5, 5.41) is 12.9. The van der Waals surface area contributed by atoms with Crippen LogP contribution in [0.25, 0.3) is 0 Å². The number of piperazine rings is 1. The van der Waals surface area contributed by atoms with Crippen LogP contribution in [0.1, 0.15) is 18.4 Å². The third-order valence-corrected chi connectivity index (χ3v) is 4.05. The lowest BCUT2D eigenvalue weighted by Crippen LogP contribution is -2.43. The first-order chi connectivity index (χ1) is 9.81. The Morgan fingerprint density at radius 1 is 1.10 bits per heavy atom. The molecule has 0 spiro atoms. The van der Waals surface area contributed by atoms with E-state index in [1.165, 1.54) is 5.56 Å².